The van der Waals surface area contributed by atoms with E-state index in [0.717, 1.165) is 43.9 Å². The van der Waals surface area contributed by atoms with Gasteiger partial charge in [-0.2, -0.15) is 0 Å². The Morgan fingerprint density at radius 3 is 2.29 bits per heavy atom. The normalized spacial score (nSPS) is 14.8. The quantitative estimate of drug-likeness (QED) is 0.294. The van der Waals surface area contributed by atoms with Crippen LogP contribution in [0.15, 0.2) is 91.1 Å². The highest BCUT2D eigenvalue weighted by molar-refractivity contribution is 8.93. The van der Waals surface area contributed by atoms with Crippen LogP contribution in [0.2, 0.25) is 0 Å². The van der Waals surface area contributed by atoms with Crippen molar-refractivity contribution in [2.24, 2.45) is 0 Å². The molecule has 1 aliphatic rings. The summed E-state index contributed by atoms with van der Waals surface area (Å²) in [7, 11) is 0. The van der Waals surface area contributed by atoms with Crippen molar-refractivity contribution < 1.29 is 0 Å². The molecule has 0 aliphatic heterocycles. The van der Waals surface area contributed by atoms with E-state index in [1.807, 2.05) is 30.5 Å². The Morgan fingerprint density at radius 2 is 1.53 bits per heavy atom. The van der Waals surface area contributed by atoms with Crippen LogP contribution in [0.4, 0.5) is 0 Å². The van der Waals surface area contributed by atoms with E-state index in [1.165, 1.54) is 34.4 Å². The van der Waals surface area contributed by atoms with Crippen molar-refractivity contribution in [1.82, 2.24) is 20.6 Å². The van der Waals surface area contributed by atoms with Crippen LogP contribution in [0.25, 0.3) is 11.3 Å². The molecule has 1 atom stereocenters. The molecule has 0 fully saturated rings. The molecular formula is C29H31BrN4. The first kappa shape index (κ1) is 24.3. The molecule has 0 radical (unpaired) electrons. The first-order chi connectivity index (χ1) is 16.3. The van der Waals surface area contributed by atoms with Gasteiger partial charge in [-0.25, -0.2) is 0 Å². The summed E-state index contributed by atoms with van der Waals surface area (Å²) in [5, 5.41) is 7.23. The molecule has 2 aromatic heterocycles. The fraction of sp³-hybridized carbons (Fsp3) is 0.241. The first-order valence-electron chi connectivity index (χ1n) is 11.8. The van der Waals surface area contributed by atoms with Gasteiger partial charge in [0.2, 0.25) is 0 Å². The summed E-state index contributed by atoms with van der Waals surface area (Å²) in [4.78, 5) is 9.43. The van der Waals surface area contributed by atoms with Gasteiger partial charge in [-0.3, -0.25) is 9.97 Å². The van der Waals surface area contributed by atoms with Crippen molar-refractivity contribution in [2.75, 3.05) is 0 Å². The summed E-state index contributed by atoms with van der Waals surface area (Å²) >= 11 is 0. The number of aromatic nitrogens is 2. The lowest BCUT2D eigenvalue weighted by molar-refractivity contribution is 0.448. The lowest BCUT2D eigenvalue weighted by Crippen LogP contribution is -2.26. The Morgan fingerprint density at radius 1 is 0.765 bits per heavy atom. The van der Waals surface area contributed by atoms with Gasteiger partial charge in [0.15, 0.2) is 0 Å². The number of halogens is 1. The molecule has 2 heterocycles. The molecule has 5 heteroatoms. The maximum absolute atomic E-state index is 5.07. The number of hydrogen-bond acceptors (Lipinski definition) is 4. The molecule has 0 amide bonds. The van der Waals surface area contributed by atoms with Crippen LogP contribution < -0.4 is 10.6 Å². The largest absolute Gasteiger partial charge is 0.307 e. The number of pyridine rings is 2. The third kappa shape index (κ3) is 6.17. The van der Waals surface area contributed by atoms with Crippen molar-refractivity contribution in [2.45, 2.75) is 44.9 Å². The Labute approximate surface area is 212 Å². The second-order valence-electron chi connectivity index (χ2n) is 8.67. The Hall–Kier alpha value is -2.86. The predicted octanol–water partition coefficient (Wildman–Crippen LogP) is 6.18. The van der Waals surface area contributed by atoms with Crippen LogP contribution in [0.1, 0.15) is 47.0 Å². The fourth-order valence-corrected chi connectivity index (χ4v) is 4.47. The minimum Gasteiger partial charge on any atom is -0.307 e. The molecule has 5 rings (SSSR count). The fourth-order valence-electron chi connectivity index (χ4n) is 4.47. The molecule has 0 bridgehead atoms. The molecule has 4 aromatic rings. The van der Waals surface area contributed by atoms with Crippen LogP contribution in [0.5, 0.6) is 0 Å². The van der Waals surface area contributed by atoms with Gasteiger partial charge in [-0.05, 0) is 54.2 Å². The standard InChI is InChI=1S/C29H30N4.BrH/c1-2-7-24(8-3-1)27-17-16-25-9-6-11-28(29(25)33-27)32-20-23-14-12-22(13-15-23)19-30-21-26-10-4-5-18-31-26;/h1-5,7-8,10,12-18,28,30,32H,6,9,11,19-21H2;1H. The molecule has 0 spiro atoms. The maximum Gasteiger partial charge on any atom is 0.0706 e. The van der Waals surface area contributed by atoms with Gasteiger partial charge in [-0.1, -0.05) is 66.7 Å². The van der Waals surface area contributed by atoms with E-state index in [4.69, 9.17) is 4.98 Å². The van der Waals surface area contributed by atoms with Crippen molar-refractivity contribution in [1.29, 1.82) is 0 Å². The Bertz CT molecular complexity index is 1160. The highest BCUT2D eigenvalue weighted by atomic mass is 79.9. The third-order valence-electron chi connectivity index (χ3n) is 6.29. The number of benzene rings is 2. The maximum atomic E-state index is 5.07. The number of aryl methyl sites for hydroxylation is 1. The third-order valence-corrected chi connectivity index (χ3v) is 6.29. The summed E-state index contributed by atoms with van der Waals surface area (Å²) in [5.41, 5.74) is 8.49. The van der Waals surface area contributed by atoms with Gasteiger partial charge in [0.25, 0.3) is 0 Å². The highest BCUT2D eigenvalue weighted by Crippen LogP contribution is 2.31. The molecule has 1 aliphatic carbocycles. The average Bonchev–Trinajstić information content (AvgIpc) is 2.89. The van der Waals surface area contributed by atoms with Gasteiger partial charge in [0.1, 0.15) is 0 Å². The zero-order valence-corrected chi connectivity index (χ0v) is 21.0. The van der Waals surface area contributed by atoms with E-state index in [-0.39, 0.29) is 17.0 Å². The summed E-state index contributed by atoms with van der Waals surface area (Å²) in [6, 6.07) is 30.1. The monoisotopic (exact) mass is 514 g/mol. The van der Waals surface area contributed by atoms with E-state index in [0.29, 0.717) is 6.04 Å². The van der Waals surface area contributed by atoms with Crippen molar-refractivity contribution in [3.05, 3.63) is 119 Å². The van der Waals surface area contributed by atoms with E-state index in [1.54, 1.807) is 0 Å². The summed E-state index contributed by atoms with van der Waals surface area (Å²) in [6.07, 6.45) is 5.29. The number of nitrogens with one attached hydrogen (secondary N) is 2. The molecule has 174 valence electrons. The zero-order chi connectivity index (χ0) is 22.3. The second kappa shape index (κ2) is 12.0. The molecule has 34 heavy (non-hydrogen) atoms. The SMILES string of the molecule is Br.c1ccc(-c2ccc3c(n2)C(NCc2ccc(CNCc4ccccn4)cc2)CCC3)cc1. The molecule has 0 saturated heterocycles. The van der Waals surface area contributed by atoms with E-state index >= 15 is 0 Å². The minimum absolute atomic E-state index is 0. The lowest BCUT2D eigenvalue weighted by atomic mass is 9.91. The van der Waals surface area contributed by atoms with Crippen molar-refractivity contribution in [3.8, 4) is 11.3 Å². The van der Waals surface area contributed by atoms with Gasteiger partial charge < -0.3 is 10.6 Å². The van der Waals surface area contributed by atoms with Crippen LogP contribution in [0.3, 0.4) is 0 Å². The minimum atomic E-state index is 0. The van der Waals surface area contributed by atoms with Gasteiger partial charge in [0, 0.05) is 31.4 Å². The molecule has 2 N–H and O–H groups in total. The Balaban J connectivity index is 0.00000274. The van der Waals surface area contributed by atoms with E-state index in [2.05, 4.69) is 76.3 Å². The van der Waals surface area contributed by atoms with Crippen LogP contribution in [-0.2, 0) is 26.1 Å². The van der Waals surface area contributed by atoms with Gasteiger partial charge in [0.05, 0.1) is 23.1 Å². The average molecular weight is 515 g/mol. The summed E-state index contributed by atoms with van der Waals surface area (Å²) < 4.78 is 0. The summed E-state index contributed by atoms with van der Waals surface area (Å²) in [6.45, 7) is 2.47. The predicted molar refractivity (Wildman–Crippen MR) is 144 cm³/mol. The van der Waals surface area contributed by atoms with Crippen LogP contribution in [0, 0.1) is 0 Å². The number of nitrogens with zero attached hydrogens (tertiary/aromatic N) is 2. The van der Waals surface area contributed by atoms with Crippen molar-refractivity contribution >= 4 is 17.0 Å². The lowest BCUT2D eigenvalue weighted by Gasteiger charge is -2.26. The molecule has 1 unspecified atom stereocenters. The van der Waals surface area contributed by atoms with E-state index < -0.39 is 0 Å². The van der Waals surface area contributed by atoms with E-state index in [9.17, 15) is 0 Å². The highest BCUT2D eigenvalue weighted by Gasteiger charge is 2.22. The molecule has 4 nitrogen and oxygen atoms in total. The van der Waals surface area contributed by atoms with Crippen LogP contribution >= 0.6 is 17.0 Å². The number of rotatable bonds is 8. The molecule has 0 saturated carbocycles. The Kier molecular flexibility index (Phi) is 8.58. The van der Waals surface area contributed by atoms with Gasteiger partial charge >= 0.3 is 0 Å². The summed E-state index contributed by atoms with van der Waals surface area (Å²) in [5.74, 6) is 0. The zero-order valence-electron chi connectivity index (χ0n) is 19.3. The molecule has 2 aromatic carbocycles. The number of fused-ring (bicyclic) bond motifs is 1. The topological polar surface area (TPSA) is 49.8 Å². The first-order valence-corrected chi connectivity index (χ1v) is 11.8. The van der Waals surface area contributed by atoms with Crippen molar-refractivity contribution in [3.63, 3.8) is 0 Å². The molecular weight excluding hydrogens is 484 g/mol. The van der Waals surface area contributed by atoms with Crippen LogP contribution in [-0.4, -0.2) is 9.97 Å². The smallest absolute Gasteiger partial charge is 0.0706 e. The second-order valence-corrected chi connectivity index (χ2v) is 8.67. The number of hydrogen-bond donors (Lipinski definition) is 2. The van der Waals surface area contributed by atoms with Gasteiger partial charge in [-0.15, -0.1) is 17.0 Å².